The first-order chi connectivity index (χ1) is 12.6. The van der Waals surface area contributed by atoms with Crippen molar-refractivity contribution in [2.45, 2.75) is 13.8 Å². The van der Waals surface area contributed by atoms with Crippen molar-refractivity contribution in [2.24, 2.45) is 5.92 Å². The maximum absolute atomic E-state index is 13.1. The van der Waals surface area contributed by atoms with Crippen molar-refractivity contribution in [3.63, 3.8) is 0 Å². The van der Waals surface area contributed by atoms with Gasteiger partial charge >= 0.3 is 0 Å². The van der Waals surface area contributed by atoms with Crippen LogP contribution in [0.1, 0.15) is 29.8 Å². The predicted molar refractivity (Wildman–Crippen MR) is 105 cm³/mol. The zero-order chi connectivity index (χ0) is 18.5. The number of carbonyl (C=O) groups excluding carboxylic acids is 1. The molecule has 2 aromatic carbocycles. The summed E-state index contributed by atoms with van der Waals surface area (Å²) in [7, 11) is 0. The van der Waals surface area contributed by atoms with Crippen LogP contribution in [0.3, 0.4) is 0 Å². The Morgan fingerprint density at radius 2 is 1.54 bits per heavy atom. The Labute approximate surface area is 153 Å². The fourth-order valence-electron chi connectivity index (χ4n) is 2.78. The number of hydrogen-bond acceptors (Lipinski definition) is 3. The molecular formula is C22H22N2O2. The number of hydrogen-bond donors (Lipinski definition) is 1. The molecule has 4 heteroatoms. The number of pyridine rings is 1. The third kappa shape index (κ3) is 3.75. The van der Waals surface area contributed by atoms with Crippen LogP contribution in [0.4, 0.5) is 5.82 Å². The summed E-state index contributed by atoms with van der Waals surface area (Å²) in [6, 6.07) is 21.5. The van der Waals surface area contributed by atoms with Gasteiger partial charge in [-0.3, -0.25) is 14.2 Å². The first-order valence-electron chi connectivity index (χ1n) is 8.73. The Balaban J connectivity index is 2.18. The van der Waals surface area contributed by atoms with Crippen LogP contribution in [0.5, 0.6) is 0 Å². The minimum atomic E-state index is -0.174. The molecule has 0 amide bonds. The Kier molecular flexibility index (Phi) is 5.32. The van der Waals surface area contributed by atoms with Crippen molar-refractivity contribution in [3.05, 3.63) is 94.3 Å². The molecular weight excluding hydrogens is 324 g/mol. The van der Waals surface area contributed by atoms with E-state index in [1.54, 1.807) is 22.8 Å². The standard InChI is InChI=1S/C22H22N2O2/c1-16(2)15-23-22-19(21(26)17-9-5-3-6-10-17)13-14-20(25)24(22)18-11-7-4-8-12-18/h3-14,16,23H,15H2,1-2H3. The highest BCUT2D eigenvalue weighted by Crippen LogP contribution is 2.22. The van der Waals surface area contributed by atoms with Gasteiger partial charge in [-0.25, -0.2) is 0 Å². The second kappa shape index (κ2) is 7.83. The number of aromatic nitrogens is 1. The topological polar surface area (TPSA) is 51.1 Å². The van der Waals surface area contributed by atoms with Gasteiger partial charge < -0.3 is 5.32 Å². The van der Waals surface area contributed by atoms with E-state index in [1.807, 2.05) is 48.5 Å². The van der Waals surface area contributed by atoms with Gasteiger partial charge in [0.15, 0.2) is 5.78 Å². The van der Waals surface area contributed by atoms with Gasteiger partial charge in [0.05, 0.1) is 11.3 Å². The van der Waals surface area contributed by atoms with Gasteiger partial charge in [0, 0.05) is 18.2 Å². The lowest BCUT2D eigenvalue weighted by atomic mass is 10.0. The van der Waals surface area contributed by atoms with Gasteiger partial charge in [-0.15, -0.1) is 0 Å². The number of rotatable bonds is 6. The molecule has 1 aromatic heterocycles. The van der Waals surface area contributed by atoms with E-state index in [9.17, 15) is 9.59 Å². The van der Waals surface area contributed by atoms with Gasteiger partial charge in [-0.2, -0.15) is 0 Å². The van der Waals surface area contributed by atoms with E-state index in [2.05, 4.69) is 19.2 Å². The van der Waals surface area contributed by atoms with Crippen LogP contribution in [-0.2, 0) is 0 Å². The van der Waals surface area contributed by atoms with Gasteiger partial charge in [0.25, 0.3) is 5.56 Å². The highest BCUT2D eigenvalue weighted by Gasteiger charge is 2.18. The fourth-order valence-corrected chi connectivity index (χ4v) is 2.78. The molecule has 0 aliphatic heterocycles. The number of nitrogens with one attached hydrogen (secondary N) is 1. The summed E-state index contributed by atoms with van der Waals surface area (Å²) in [6.07, 6.45) is 0. The van der Waals surface area contributed by atoms with Crippen molar-refractivity contribution >= 4 is 11.6 Å². The average molecular weight is 346 g/mol. The number of anilines is 1. The summed E-state index contributed by atoms with van der Waals surface area (Å²) in [6.45, 7) is 4.82. The Bertz CT molecular complexity index is 945. The third-order valence-corrected chi connectivity index (χ3v) is 4.06. The van der Waals surface area contributed by atoms with Crippen LogP contribution in [0.2, 0.25) is 0 Å². The molecule has 3 rings (SSSR count). The molecule has 0 aliphatic carbocycles. The summed E-state index contributed by atoms with van der Waals surface area (Å²) in [5.41, 5.74) is 1.64. The monoisotopic (exact) mass is 346 g/mol. The Morgan fingerprint density at radius 3 is 2.15 bits per heavy atom. The molecule has 0 fully saturated rings. The lowest BCUT2D eigenvalue weighted by Crippen LogP contribution is -2.25. The summed E-state index contributed by atoms with van der Waals surface area (Å²) in [5, 5.41) is 3.31. The largest absolute Gasteiger partial charge is 0.370 e. The molecule has 0 atom stereocenters. The van der Waals surface area contributed by atoms with Crippen LogP contribution in [0.15, 0.2) is 77.6 Å². The van der Waals surface area contributed by atoms with Gasteiger partial charge in [0.2, 0.25) is 0 Å². The van der Waals surface area contributed by atoms with E-state index in [4.69, 9.17) is 0 Å². The van der Waals surface area contributed by atoms with Crippen molar-refractivity contribution in [3.8, 4) is 5.69 Å². The molecule has 0 spiro atoms. The average Bonchev–Trinajstić information content (AvgIpc) is 2.67. The zero-order valence-electron chi connectivity index (χ0n) is 15.0. The normalized spacial score (nSPS) is 10.7. The molecule has 3 aromatic rings. The highest BCUT2D eigenvalue weighted by atomic mass is 16.1. The zero-order valence-corrected chi connectivity index (χ0v) is 15.0. The third-order valence-electron chi connectivity index (χ3n) is 4.06. The second-order valence-corrected chi connectivity index (χ2v) is 6.57. The number of benzene rings is 2. The van der Waals surface area contributed by atoms with E-state index < -0.39 is 0 Å². The maximum atomic E-state index is 13.1. The maximum Gasteiger partial charge on any atom is 0.256 e. The number of para-hydroxylation sites is 1. The number of ketones is 1. The number of nitrogens with zero attached hydrogens (tertiary/aromatic N) is 1. The Morgan fingerprint density at radius 1 is 0.923 bits per heavy atom. The lowest BCUT2D eigenvalue weighted by molar-refractivity contribution is 0.103. The van der Waals surface area contributed by atoms with E-state index in [1.165, 1.54) is 6.07 Å². The van der Waals surface area contributed by atoms with Crippen molar-refractivity contribution in [1.82, 2.24) is 4.57 Å². The van der Waals surface area contributed by atoms with E-state index in [0.717, 1.165) is 5.69 Å². The molecule has 0 radical (unpaired) electrons. The predicted octanol–water partition coefficient (Wildman–Crippen LogP) is 4.14. The summed E-state index contributed by atoms with van der Waals surface area (Å²) < 4.78 is 1.57. The molecule has 1 N–H and O–H groups in total. The molecule has 1 heterocycles. The molecule has 0 saturated heterocycles. The van der Waals surface area contributed by atoms with E-state index in [0.29, 0.717) is 29.4 Å². The minimum Gasteiger partial charge on any atom is -0.370 e. The van der Waals surface area contributed by atoms with Crippen LogP contribution in [-0.4, -0.2) is 16.9 Å². The Hall–Kier alpha value is -3.14. The summed E-state index contributed by atoms with van der Waals surface area (Å²) in [5.74, 6) is 0.794. The quantitative estimate of drug-likeness (QED) is 0.683. The first-order valence-corrected chi connectivity index (χ1v) is 8.73. The number of carbonyl (C=O) groups is 1. The summed E-state index contributed by atoms with van der Waals surface area (Å²) >= 11 is 0. The fraction of sp³-hybridized carbons (Fsp3) is 0.182. The van der Waals surface area contributed by atoms with Crippen LogP contribution < -0.4 is 10.9 Å². The van der Waals surface area contributed by atoms with Crippen molar-refractivity contribution in [1.29, 1.82) is 0 Å². The smallest absolute Gasteiger partial charge is 0.256 e. The second-order valence-electron chi connectivity index (χ2n) is 6.57. The highest BCUT2D eigenvalue weighted by molar-refractivity contribution is 6.12. The van der Waals surface area contributed by atoms with Gasteiger partial charge in [0.1, 0.15) is 5.82 Å². The van der Waals surface area contributed by atoms with Crippen LogP contribution >= 0.6 is 0 Å². The van der Waals surface area contributed by atoms with E-state index in [-0.39, 0.29) is 11.3 Å². The molecule has 0 unspecified atom stereocenters. The first kappa shape index (κ1) is 17.7. The van der Waals surface area contributed by atoms with Gasteiger partial charge in [-0.05, 0) is 24.1 Å². The lowest BCUT2D eigenvalue weighted by Gasteiger charge is -2.19. The van der Waals surface area contributed by atoms with Gasteiger partial charge in [-0.1, -0.05) is 62.4 Å². The molecule has 4 nitrogen and oxygen atoms in total. The van der Waals surface area contributed by atoms with Crippen molar-refractivity contribution < 1.29 is 4.79 Å². The van der Waals surface area contributed by atoms with Crippen LogP contribution in [0, 0.1) is 5.92 Å². The molecule has 132 valence electrons. The minimum absolute atomic E-state index is 0.110. The summed E-state index contributed by atoms with van der Waals surface area (Å²) in [4.78, 5) is 25.7. The van der Waals surface area contributed by atoms with E-state index >= 15 is 0 Å². The molecule has 26 heavy (non-hydrogen) atoms. The van der Waals surface area contributed by atoms with Crippen LogP contribution in [0.25, 0.3) is 5.69 Å². The SMILES string of the molecule is CC(C)CNc1c(C(=O)c2ccccc2)ccc(=O)n1-c1ccccc1. The molecule has 0 bridgehead atoms. The van der Waals surface area contributed by atoms with Crippen molar-refractivity contribution in [2.75, 3.05) is 11.9 Å². The molecule has 0 aliphatic rings. The molecule has 0 saturated carbocycles.